The molecule has 14 nitrogen and oxygen atoms in total. The van der Waals surface area contributed by atoms with Gasteiger partial charge in [-0.05, 0) is 49.4 Å². The molecule has 0 amide bonds. The zero-order valence-electron chi connectivity index (χ0n) is 68.8. The molecule has 0 saturated carbocycles. The number of phosphoric ester groups is 2. The van der Waals surface area contributed by atoms with Crippen molar-refractivity contribution >= 4 is 15.6 Å². The molecule has 2 unspecified atom stereocenters. The Kier molecular flexibility index (Phi) is 70.6. The Hall–Kier alpha value is -0.0200. The summed E-state index contributed by atoms with van der Waals surface area (Å²) in [6.07, 6.45) is 69.7. The van der Waals surface area contributed by atoms with Crippen molar-refractivity contribution in [2.24, 2.45) is 23.7 Å². The molecule has 0 N–H and O–H groups in total. The lowest BCUT2D eigenvalue weighted by Crippen LogP contribution is -2.37. The summed E-state index contributed by atoms with van der Waals surface area (Å²) in [5.41, 5.74) is 0. The van der Waals surface area contributed by atoms with Crippen molar-refractivity contribution in [1.29, 1.82) is 0 Å². The minimum Gasteiger partial charge on any atom is -0.756 e. The van der Waals surface area contributed by atoms with Crippen LogP contribution in [0.4, 0.5) is 0 Å². The molecule has 0 saturated heterocycles. The summed E-state index contributed by atoms with van der Waals surface area (Å²) >= 11 is 0. The van der Waals surface area contributed by atoms with Gasteiger partial charge in [-0.15, -0.1) is 0 Å². The average Bonchev–Trinajstić information content (AvgIpc) is 0.929. The molecule has 0 aromatic heterocycles. The summed E-state index contributed by atoms with van der Waals surface area (Å²) in [5, 5.41) is 0. The predicted octanol–water partition coefficient (Wildman–Crippen LogP) is 23.9. The maximum Gasteiger partial charge on any atom is 0.268 e. The number of hydrogen-bond acceptors (Lipinski definition) is 12. The van der Waals surface area contributed by atoms with Gasteiger partial charge in [-0.1, -0.05) is 363 Å². The Morgan fingerprint density at radius 3 is 0.680 bits per heavy atom. The fourth-order valence-electron chi connectivity index (χ4n) is 13.4. The van der Waals surface area contributed by atoms with Crippen molar-refractivity contribution in [3.63, 3.8) is 0 Å². The fourth-order valence-corrected chi connectivity index (χ4v) is 14.9. The van der Waals surface area contributed by atoms with Crippen molar-refractivity contribution in [3.8, 4) is 0 Å². The third-order valence-electron chi connectivity index (χ3n) is 20.6. The molecule has 0 spiro atoms. The molecule has 8 atom stereocenters. The van der Waals surface area contributed by atoms with Crippen LogP contribution in [0.1, 0.15) is 388 Å². The highest BCUT2D eigenvalue weighted by molar-refractivity contribution is 7.46. The van der Waals surface area contributed by atoms with Crippen LogP contribution in [0, 0.1) is 23.7 Å². The first kappa shape index (κ1) is 100.0. The smallest absolute Gasteiger partial charge is 0.268 e. The lowest BCUT2D eigenvalue weighted by atomic mass is 9.95. The highest BCUT2D eigenvalue weighted by Gasteiger charge is 2.20. The number of phosphoric acid groups is 2. The van der Waals surface area contributed by atoms with E-state index in [1.807, 2.05) is 42.3 Å². The van der Waals surface area contributed by atoms with E-state index >= 15 is 0 Å². The summed E-state index contributed by atoms with van der Waals surface area (Å²) in [4.78, 5) is 25.1. The van der Waals surface area contributed by atoms with Gasteiger partial charge in [0.25, 0.3) is 15.6 Å². The van der Waals surface area contributed by atoms with Gasteiger partial charge in [0.05, 0.1) is 68.7 Å². The third-order valence-corrected chi connectivity index (χ3v) is 22.5. The Morgan fingerprint density at radius 2 is 0.460 bits per heavy atom. The van der Waals surface area contributed by atoms with Gasteiger partial charge in [0.1, 0.15) is 38.5 Å². The molecule has 0 aromatic rings. The van der Waals surface area contributed by atoms with Crippen molar-refractivity contribution in [2.75, 3.05) is 121 Å². The monoisotopic (exact) mass is 1470 g/mol. The first-order valence-electron chi connectivity index (χ1n) is 43.3. The number of ether oxygens (including phenoxy) is 4. The van der Waals surface area contributed by atoms with E-state index in [0.717, 1.165) is 75.0 Å². The summed E-state index contributed by atoms with van der Waals surface area (Å²) in [6.45, 7) is 18.6. The van der Waals surface area contributed by atoms with Gasteiger partial charge in [0.15, 0.2) is 0 Å². The quantitative estimate of drug-likeness (QED) is 0.0323. The van der Waals surface area contributed by atoms with Crippen molar-refractivity contribution in [2.45, 2.75) is 400 Å². The second-order valence-electron chi connectivity index (χ2n) is 33.6. The Balaban J connectivity index is 4.01. The maximum atomic E-state index is 12.5. The van der Waals surface area contributed by atoms with E-state index in [0.29, 0.717) is 61.7 Å². The van der Waals surface area contributed by atoms with E-state index in [2.05, 4.69) is 41.5 Å². The number of rotatable bonds is 83. The molecule has 0 fully saturated rings. The number of nitrogens with zero attached hydrogens (tertiary/aromatic N) is 2. The predicted molar refractivity (Wildman–Crippen MR) is 423 cm³/mol. The molecule has 602 valence electrons. The van der Waals surface area contributed by atoms with E-state index < -0.39 is 27.9 Å². The number of quaternary nitrogens is 2. The molecule has 0 aliphatic carbocycles. The average molecular weight is 1470 g/mol. The molecule has 16 heteroatoms. The molecule has 0 rings (SSSR count). The number of unbranched alkanes of at least 4 members (excludes halogenated alkanes) is 39. The van der Waals surface area contributed by atoms with Gasteiger partial charge in [-0.25, -0.2) is 0 Å². The van der Waals surface area contributed by atoms with Crippen LogP contribution in [-0.4, -0.2) is 143 Å². The highest BCUT2D eigenvalue weighted by Crippen LogP contribution is 2.39. The van der Waals surface area contributed by atoms with Crippen LogP contribution in [0.15, 0.2) is 0 Å². The molecular weight excluding hydrogens is 1290 g/mol. The van der Waals surface area contributed by atoms with Crippen LogP contribution in [0.25, 0.3) is 0 Å². The van der Waals surface area contributed by atoms with E-state index in [4.69, 9.17) is 37.0 Å². The Labute approximate surface area is 623 Å². The molecular formula is C84H174N2O12P2. The van der Waals surface area contributed by atoms with Crippen LogP contribution in [0.2, 0.25) is 0 Å². The lowest BCUT2D eigenvalue weighted by Gasteiger charge is -2.28. The first-order chi connectivity index (χ1) is 48.1. The molecule has 0 heterocycles. The van der Waals surface area contributed by atoms with Crippen molar-refractivity contribution in [1.82, 2.24) is 0 Å². The van der Waals surface area contributed by atoms with Gasteiger partial charge < -0.3 is 55.8 Å². The van der Waals surface area contributed by atoms with Gasteiger partial charge in [0, 0.05) is 26.4 Å². The van der Waals surface area contributed by atoms with Crippen LogP contribution in [-0.2, 0) is 46.2 Å². The molecule has 0 radical (unpaired) electrons. The van der Waals surface area contributed by atoms with E-state index in [1.54, 1.807) is 0 Å². The largest absolute Gasteiger partial charge is 0.756 e. The SMILES string of the molecule is CCCCCC[C@@H](C)CCCCCCCCCO[C@@H](COCCCCCCCCC[C@H](C)CCCCCCCCCCCC[C@@H](C)CCCCCCCCCOC[C@@H](COP(=O)([O-])OCC[N+](C)(C)C)OCCCCCCCCC[C@H](C)CCCCCC)COP(=O)([O-])OCC[N+](C)(C)C. The second-order valence-corrected chi connectivity index (χ2v) is 36.4. The maximum absolute atomic E-state index is 12.5. The van der Waals surface area contributed by atoms with Gasteiger partial charge in [0.2, 0.25) is 0 Å². The van der Waals surface area contributed by atoms with E-state index in [9.17, 15) is 18.9 Å². The van der Waals surface area contributed by atoms with Gasteiger partial charge in [-0.2, -0.15) is 0 Å². The highest BCUT2D eigenvalue weighted by atomic mass is 31.2. The van der Waals surface area contributed by atoms with E-state index in [-0.39, 0.29) is 26.4 Å². The van der Waals surface area contributed by atoms with Crippen LogP contribution >= 0.6 is 15.6 Å². The van der Waals surface area contributed by atoms with Crippen LogP contribution in [0.3, 0.4) is 0 Å². The van der Waals surface area contributed by atoms with Crippen LogP contribution in [0.5, 0.6) is 0 Å². The normalized spacial score (nSPS) is 15.5. The van der Waals surface area contributed by atoms with E-state index in [1.165, 1.54) is 295 Å². The molecule has 0 aromatic carbocycles. The lowest BCUT2D eigenvalue weighted by molar-refractivity contribution is -0.870. The number of hydrogen-bond donors (Lipinski definition) is 0. The minimum absolute atomic E-state index is 0.0805. The van der Waals surface area contributed by atoms with Crippen LogP contribution < -0.4 is 9.79 Å². The van der Waals surface area contributed by atoms with Crippen molar-refractivity contribution < 1.29 is 64.9 Å². The summed E-state index contributed by atoms with van der Waals surface area (Å²) in [5.74, 6) is 3.41. The number of likely N-dealkylation sites (N-methyl/N-ethyl adjacent to an activating group) is 2. The van der Waals surface area contributed by atoms with Gasteiger partial charge >= 0.3 is 0 Å². The zero-order chi connectivity index (χ0) is 73.8. The topological polar surface area (TPSA) is 154 Å². The van der Waals surface area contributed by atoms with Gasteiger partial charge in [-0.3, -0.25) is 9.13 Å². The molecule has 0 aliphatic heterocycles. The molecule has 0 aliphatic rings. The first-order valence-corrected chi connectivity index (χ1v) is 46.2. The standard InChI is InChI=1S/C84H174N2O12P2/c1-13-15-17-47-59-79(3)61-51-41-31-25-35-45-57-71-93-83(77-97-99(87,88)95-73-67-85(7,8)9)75-91-69-55-43-33-23-29-39-53-65-81(5)63-49-37-27-21-19-20-22-28-38-50-64-82(6)66-54-40-30-24-34-44-56-70-92-76-84(78-98-100(89,90)96-74-68-86(10,11)12)94-72-58-46-36-26-32-42-52-62-80(4)60-48-18-16-14-2/h79-84H,13-78H2,1-12H3/t79-,80-,81-,82-,83+,84+/m1/s1. The second kappa shape index (κ2) is 70.6. The zero-order valence-corrected chi connectivity index (χ0v) is 70.6. The Bertz CT molecular complexity index is 1650. The summed E-state index contributed by atoms with van der Waals surface area (Å²) in [6, 6.07) is 0. The molecule has 0 bridgehead atoms. The summed E-state index contributed by atoms with van der Waals surface area (Å²) < 4.78 is 71.6. The Morgan fingerprint density at radius 1 is 0.260 bits per heavy atom. The molecule has 100 heavy (non-hydrogen) atoms. The van der Waals surface area contributed by atoms with Crippen molar-refractivity contribution in [3.05, 3.63) is 0 Å². The summed E-state index contributed by atoms with van der Waals surface area (Å²) in [7, 11) is 3.18. The third kappa shape index (κ3) is 77.6. The fraction of sp³-hybridized carbons (Fsp3) is 1.00. The minimum atomic E-state index is -4.42.